The Morgan fingerprint density at radius 3 is 2.66 bits per heavy atom. The number of hydrogen-bond acceptors (Lipinski definition) is 9. The highest BCUT2D eigenvalue weighted by Gasteiger charge is 2.38. The Morgan fingerprint density at radius 2 is 1.89 bits per heavy atom. The van der Waals surface area contributed by atoms with E-state index in [4.69, 9.17) is 11.6 Å². The lowest BCUT2D eigenvalue weighted by Crippen LogP contribution is -2.31. The van der Waals surface area contributed by atoms with Crippen molar-refractivity contribution in [3.8, 4) is 0 Å². The second kappa shape index (κ2) is 9.12. The van der Waals surface area contributed by atoms with E-state index in [0.717, 1.165) is 5.56 Å². The van der Waals surface area contributed by atoms with E-state index in [1.807, 2.05) is 0 Å². The summed E-state index contributed by atoms with van der Waals surface area (Å²) in [5.41, 5.74) is 2.17. The molecule has 178 valence electrons. The number of ketones is 1. The molecule has 35 heavy (non-hydrogen) atoms. The quantitative estimate of drug-likeness (QED) is 0.272. The van der Waals surface area contributed by atoms with Crippen molar-refractivity contribution in [2.75, 3.05) is 5.32 Å². The topological polar surface area (TPSA) is 146 Å². The van der Waals surface area contributed by atoms with Crippen LogP contribution >= 0.6 is 23.4 Å². The maximum Gasteiger partial charge on any atom is 0.269 e. The van der Waals surface area contributed by atoms with Crippen LogP contribution in [0, 0.1) is 20.2 Å². The fourth-order valence-electron chi connectivity index (χ4n) is 4.25. The van der Waals surface area contributed by atoms with Gasteiger partial charge >= 0.3 is 0 Å². The normalized spacial score (nSPS) is 16.9. The van der Waals surface area contributed by atoms with Crippen LogP contribution in [0.1, 0.15) is 36.4 Å². The van der Waals surface area contributed by atoms with Crippen molar-refractivity contribution in [2.45, 2.75) is 36.2 Å². The van der Waals surface area contributed by atoms with Gasteiger partial charge in [0.05, 0.1) is 9.85 Å². The van der Waals surface area contributed by atoms with Gasteiger partial charge in [0.25, 0.3) is 11.4 Å². The van der Waals surface area contributed by atoms with Gasteiger partial charge in [-0.3, -0.25) is 25.0 Å². The van der Waals surface area contributed by atoms with Gasteiger partial charge in [0.15, 0.2) is 5.78 Å². The first-order valence-electron chi connectivity index (χ1n) is 10.6. The highest BCUT2D eigenvalue weighted by Crippen LogP contribution is 2.43. The molecule has 2 aromatic carbocycles. The number of aromatic nitrogens is 3. The maximum absolute atomic E-state index is 13.0. The summed E-state index contributed by atoms with van der Waals surface area (Å²) in [7, 11) is 0. The van der Waals surface area contributed by atoms with Crippen LogP contribution in [0.5, 0.6) is 0 Å². The second-order valence-corrected chi connectivity index (χ2v) is 9.39. The molecule has 2 aliphatic rings. The fraction of sp³-hybridized carbons (Fsp3) is 0.227. The van der Waals surface area contributed by atoms with Crippen LogP contribution in [0.25, 0.3) is 0 Å². The monoisotopic (exact) mass is 512 g/mol. The molecule has 1 unspecified atom stereocenters. The van der Waals surface area contributed by atoms with Crippen molar-refractivity contribution in [3.63, 3.8) is 0 Å². The number of nitro benzene ring substituents is 2. The first kappa shape index (κ1) is 23.0. The van der Waals surface area contributed by atoms with Crippen molar-refractivity contribution in [1.29, 1.82) is 0 Å². The number of non-ortho nitro benzene ring substituents is 2. The smallest absolute Gasteiger partial charge is 0.269 e. The van der Waals surface area contributed by atoms with Crippen LogP contribution in [0.4, 0.5) is 17.3 Å². The number of hydrogen-bond donors (Lipinski definition) is 1. The predicted molar refractivity (Wildman–Crippen MR) is 128 cm³/mol. The third-order valence-corrected chi connectivity index (χ3v) is 7.08. The highest BCUT2D eigenvalue weighted by atomic mass is 35.5. The number of thioether (sulfide) groups is 1. The van der Waals surface area contributed by atoms with Crippen LogP contribution < -0.4 is 5.32 Å². The number of rotatable bonds is 6. The molecule has 3 aromatic rings. The molecule has 0 radical (unpaired) electrons. The Morgan fingerprint density at radius 1 is 1.11 bits per heavy atom. The Bertz CT molecular complexity index is 1420. The van der Waals surface area contributed by atoms with Crippen LogP contribution in [0.2, 0.25) is 5.02 Å². The van der Waals surface area contributed by atoms with E-state index in [9.17, 15) is 25.0 Å². The number of nitro groups is 2. The highest BCUT2D eigenvalue weighted by molar-refractivity contribution is 7.98. The Labute approximate surface area is 207 Å². The van der Waals surface area contributed by atoms with Crippen molar-refractivity contribution >= 4 is 46.5 Å². The molecule has 0 saturated carbocycles. The standard InChI is InChI=1S/C22H17ClN6O5S/c23-16-8-7-14(29(33)34)10-15(16)20-19-17(5-2-6-18(19)30)24-21-25-22(26-27(20)21)35-11-12-3-1-4-13(9-12)28(31)32/h1,3-4,7-10,20H,2,5-6,11H2,(H,24,25,26). The number of anilines is 1. The molecule has 11 nitrogen and oxygen atoms in total. The number of carbonyl (C=O) groups is 1. The van der Waals surface area contributed by atoms with E-state index >= 15 is 0 Å². The largest absolute Gasteiger partial charge is 0.328 e. The summed E-state index contributed by atoms with van der Waals surface area (Å²) < 4.78 is 1.53. The first-order chi connectivity index (χ1) is 16.8. The fourth-order valence-corrected chi connectivity index (χ4v) is 5.24. The molecule has 5 rings (SSSR count). The van der Waals surface area contributed by atoms with Crippen molar-refractivity contribution in [1.82, 2.24) is 14.8 Å². The van der Waals surface area contributed by atoms with Gasteiger partial charge in [-0.15, -0.1) is 5.10 Å². The molecule has 0 saturated heterocycles. The van der Waals surface area contributed by atoms with Crippen molar-refractivity contribution in [3.05, 3.63) is 90.1 Å². The molecule has 0 fully saturated rings. The van der Waals surface area contributed by atoms with Crippen LogP contribution in [0.3, 0.4) is 0 Å². The molecular weight excluding hydrogens is 496 g/mol. The average Bonchev–Trinajstić information content (AvgIpc) is 3.24. The van der Waals surface area contributed by atoms with E-state index in [2.05, 4.69) is 15.4 Å². The van der Waals surface area contributed by atoms with Crippen molar-refractivity contribution in [2.24, 2.45) is 0 Å². The number of halogens is 1. The van der Waals surface area contributed by atoms with Gasteiger partial charge < -0.3 is 5.32 Å². The van der Waals surface area contributed by atoms with Gasteiger partial charge in [-0.2, -0.15) is 4.98 Å². The molecule has 1 aromatic heterocycles. The van der Waals surface area contributed by atoms with E-state index in [-0.39, 0.29) is 22.2 Å². The molecule has 1 aliphatic heterocycles. The van der Waals surface area contributed by atoms with E-state index in [1.165, 1.54) is 46.8 Å². The number of carbonyl (C=O) groups excluding carboxylic acids is 1. The van der Waals surface area contributed by atoms with E-state index in [1.54, 1.807) is 12.1 Å². The molecule has 1 atom stereocenters. The molecule has 1 aliphatic carbocycles. The summed E-state index contributed by atoms with van der Waals surface area (Å²) in [4.78, 5) is 39.0. The van der Waals surface area contributed by atoms with Gasteiger partial charge in [-0.1, -0.05) is 35.5 Å². The molecule has 0 amide bonds. The van der Waals surface area contributed by atoms with Gasteiger partial charge in [-0.25, -0.2) is 4.68 Å². The molecule has 2 heterocycles. The average molecular weight is 513 g/mol. The Kier molecular flexibility index (Phi) is 5.99. The number of nitrogens with one attached hydrogen (secondary N) is 1. The van der Waals surface area contributed by atoms with E-state index in [0.29, 0.717) is 53.0 Å². The Balaban J connectivity index is 1.53. The van der Waals surface area contributed by atoms with Gasteiger partial charge in [0.2, 0.25) is 11.1 Å². The van der Waals surface area contributed by atoms with Crippen LogP contribution in [-0.2, 0) is 10.5 Å². The van der Waals surface area contributed by atoms with Gasteiger partial charge in [-0.05, 0) is 24.5 Å². The van der Waals surface area contributed by atoms with Crippen LogP contribution in [0.15, 0.2) is 58.9 Å². The van der Waals surface area contributed by atoms with Crippen molar-refractivity contribution < 1.29 is 14.6 Å². The SMILES string of the molecule is O=C1CCCC2=C1C(c1cc([N+](=O)[O-])ccc1Cl)n1nc(SCc3cccc([N+](=O)[O-])c3)nc1N2. The minimum Gasteiger partial charge on any atom is -0.328 e. The summed E-state index contributed by atoms with van der Waals surface area (Å²) in [6.45, 7) is 0. The number of allylic oxidation sites excluding steroid dienone is 2. The molecule has 1 N–H and O–H groups in total. The first-order valence-corrected chi connectivity index (χ1v) is 12.0. The van der Waals surface area contributed by atoms with Gasteiger partial charge in [0, 0.05) is 58.3 Å². The Hall–Kier alpha value is -3.77. The number of Topliss-reactive ketones (excluding diaryl/α,β-unsaturated/α-hetero) is 1. The summed E-state index contributed by atoms with van der Waals surface area (Å²) in [6, 6.07) is 9.67. The zero-order valence-electron chi connectivity index (χ0n) is 18.0. The lowest BCUT2D eigenvalue weighted by Gasteiger charge is -2.32. The maximum atomic E-state index is 13.0. The molecule has 13 heteroatoms. The zero-order chi connectivity index (χ0) is 24.7. The minimum atomic E-state index is -0.763. The lowest BCUT2D eigenvalue weighted by molar-refractivity contribution is -0.385. The second-order valence-electron chi connectivity index (χ2n) is 8.04. The predicted octanol–water partition coefficient (Wildman–Crippen LogP) is 5.06. The van der Waals surface area contributed by atoms with E-state index < -0.39 is 15.9 Å². The number of benzene rings is 2. The molecular formula is C22H17ClN6O5S. The van der Waals surface area contributed by atoms with Crippen LogP contribution in [-0.4, -0.2) is 30.4 Å². The summed E-state index contributed by atoms with van der Waals surface area (Å²) in [6.07, 6.45) is 1.68. The molecule has 0 spiro atoms. The lowest BCUT2D eigenvalue weighted by atomic mass is 9.85. The van der Waals surface area contributed by atoms with Gasteiger partial charge in [0.1, 0.15) is 6.04 Å². The summed E-state index contributed by atoms with van der Waals surface area (Å²) in [5.74, 6) is 0.713. The number of fused-ring (bicyclic) bond motifs is 1. The molecule has 0 bridgehead atoms. The zero-order valence-corrected chi connectivity index (χ0v) is 19.6. The third-order valence-electron chi connectivity index (χ3n) is 5.82. The number of nitrogens with zero attached hydrogens (tertiary/aromatic N) is 5. The third kappa shape index (κ3) is 4.37. The summed E-state index contributed by atoms with van der Waals surface area (Å²) in [5, 5.41) is 30.9. The summed E-state index contributed by atoms with van der Waals surface area (Å²) >= 11 is 7.75. The minimum absolute atomic E-state index is 0.00220.